The van der Waals surface area contributed by atoms with E-state index >= 15 is 0 Å². The average molecular weight is 270 g/mol. The van der Waals surface area contributed by atoms with Gasteiger partial charge in [0.15, 0.2) is 0 Å². The van der Waals surface area contributed by atoms with Crippen LogP contribution in [0.4, 0.5) is 0 Å². The maximum absolute atomic E-state index is 11.9. The molecule has 0 fully saturated rings. The summed E-state index contributed by atoms with van der Waals surface area (Å²) in [5.74, 6) is 0. The number of hydrogen-bond donors (Lipinski definition) is 0. The summed E-state index contributed by atoms with van der Waals surface area (Å²) in [6.07, 6.45) is 0. The van der Waals surface area contributed by atoms with Crippen molar-refractivity contribution in [2.45, 2.75) is 4.90 Å². The van der Waals surface area contributed by atoms with Gasteiger partial charge in [-0.05, 0) is 18.2 Å². The quantitative estimate of drug-likeness (QED) is 0.776. The van der Waals surface area contributed by atoms with Gasteiger partial charge >= 0.3 is 0 Å². The molecule has 0 atom stereocenters. The summed E-state index contributed by atoms with van der Waals surface area (Å²) in [5, 5.41) is 17.4. The Morgan fingerprint density at radius 2 is 2.06 bits per heavy atom. The van der Waals surface area contributed by atoms with E-state index < -0.39 is 10.0 Å². The van der Waals surface area contributed by atoms with E-state index in [0.717, 1.165) is 4.31 Å². The van der Waals surface area contributed by atoms with Crippen LogP contribution in [0.2, 0.25) is 5.02 Å². The second-order valence-corrected chi connectivity index (χ2v) is 5.62. The molecule has 17 heavy (non-hydrogen) atoms. The van der Waals surface area contributed by atoms with Crippen molar-refractivity contribution in [1.29, 1.82) is 10.5 Å². The molecule has 0 aliphatic heterocycles. The van der Waals surface area contributed by atoms with Gasteiger partial charge in [0.2, 0.25) is 10.0 Å². The maximum Gasteiger partial charge on any atom is 0.243 e. The van der Waals surface area contributed by atoms with E-state index in [1.807, 2.05) is 0 Å². The number of benzene rings is 1. The molecule has 0 aliphatic rings. The Hall–Kier alpha value is -1.60. The van der Waals surface area contributed by atoms with Gasteiger partial charge in [0.1, 0.15) is 12.6 Å². The minimum Gasteiger partial charge on any atom is -0.207 e. The standard InChI is InChI=1S/C10H8ClN3O2S/c1-14(5-4-12)17(15,16)9-2-3-10(11)8(6-9)7-13/h2-3,6H,5H2,1H3. The van der Waals surface area contributed by atoms with E-state index in [1.54, 1.807) is 12.1 Å². The highest BCUT2D eigenvalue weighted by atomic mass is 35.5. The number of nitriles is 2. The number of sulfonamides is 1. The van der Waals surface area contributed by atoms with Crippen molar-refractivity contribution in [2.75, 3.05) is 13.6 Å². The molecular formula is C10H8ClN3O2S. The van der Waals surface area contributed by atoms with Crippen LogP contribution in [0.5, 0.6) is 0 Å². The Balaban J connectivity index is 3.27. The van der Waals surface area contributed by atoms with Crippen LogP contribution in [0.3, 0.4) is 0 Å². The smallest absolute Gasteiger partial charge is 0.207 e. The van der Waals surface area contributed by atoms with Crippen LogP contribution in [0.15, 0.2) is 23.1 Å². The zero-order chi connectivity index (χ0) is 13.1. The maximum atomic E-state index is 11.9. The fourth-order valence-corrected chi connectivity index (χ4v) is 2.37. The molecule has 1 aromatic carbocycles. The Labute approximate surface area is 105 Å². The van der Waals surface area contributed by atoms with Crippen molar-refractivity contribution in [1.82, 2.24) is 4.31 Å². The zero-order valence-corrected chi connectivity index (χ0v) is 10.5. The Kier molecular flexibility index (Phi) is 4.08. The monoisotopic (exact) mass is 269 g/mol. The molecule has 0 heterocycles. The Bertz CT molecular complexity index is 613. The molecule has 0 aliphatic carbocycles. The Morgan fingerprint density at radius 1 is 1.41 bits per heavy atom. The molecule has 0 amide bonds. The number of nitrogens with zero attached hydrogens (tertiary/aromatic N) is 3. The minimum atomic E-state index is -3.75. The molecule has 0 bridgehead atoms. The molecular weight excluding hydrogens is 262 g/mol. The highest BCUT2D eigenvalue weighted by molar-refractivity contribution is 7.89. The first kappa shape index (κ1) is 13.5. The molecule has 1 aromatic rings. The lowest BCUT2D eigenvalue weighted by molar-refractivity contribution is 0.501. The average Bonchev–Trinajstić information content (AvgIpc) is 2.29. The topological polar surface area (TPSA) is 85.0 Å². The van der Waals surface area contributed by atoms with E-state index in [4.69, 9.17) is 22.1 Å². The largest absolute Gasteiger partial charge is 0.243 e. The summed E-state index contributed by atoms with van der Waals surface area (Å²) in [5.41, 5.74) is 0.0816. The van der Waals surface area contributed by atoms with E-state index in [1.165, 1.54) is 25.2 Å². The van der Waals surface area contributed by atoms with E-state index in [2.05, 4.69) is 0 Å². The third-order valence-electron chi connectivity index (χ3n) is 2.06. The lowest BCUT2D eigenvalue weighted by Crippen LogP contribution is -2.27. The highest BCUT2D eigenvalue weighted by Crippen LogP contribution is 2.21. The van der Waals surface area contributed by atoms with Crippen LogP contribution in [0.1, 0.15) is 5.56 Å². The third kappa shape index (κ3) is 2.75. The second-order valence-electron chi connectivity index (χ2n) is 3.17. The van der Waals surface area contributed by atoms with E-state index in [-0.39, 0.29) is 22.0 Å². The number of rotatable bonds is 3. The van der Waals surface area contributed by atoms with Gasteiger partial charge in [0.25, 0.3) is 0 Å². The molecule has 0 saturated heterocycles. The molecule has 0 unspecified atom stereocenters. The van der Waals surface area contributed by atoms with Gasteiger partial charge < -0.3 is 0 Å². The van der Waals surface area contributed by atoms with Gasteiger partial charge in [-0.3, -0.25) is 0 Å². The van der Waals surface area contributed by atoms with Gasteiger partial charge in [0, 0.05) is 7.05 Å². The van der Waals surface area contributed by atoms with Crippen molar-refractivity contribution >= 4 is 21.6 Å². The van der Waals surface area contributed by atoms with Gasteiger partial charge in [-0.1, -0.05) is 11.6 Å². The Morgan fingerprint density at radius 3 is 2.59 bits per heavy atom. The summed E-state index contributed by atoms with van der Waals surface area (Å²) in [4.78, 5) is -0.0591. The molecule has 0 aromatic heterocycles. The highest BCUT2D eigenvalue weighted by Gasteiger charge is 2.21. The lowest BCUT2D eigenvalue weighted by atomic mass is 10.2. The zero-order valence-electron chi connectivity index (χ0n) is 8.88. The third-order valence-corrected chi connectivity index (χ3v) is 4.19. The van der Waals surface area contributed by atoms with Gasteiger partial charge in [-0.2, -0.15) is 14.8 Å². The van der Waals surface area contributed by atoms with Crippen LogP contribution in [0, 0.1) is 22.7 Å². The van der Waals surface area contributed by atoms with Crippen LogP contribution < -0.4 is 0 Å². The summed E-state index contributed by atoms with van der Waals surface area (Å²) < 4.78 is 24.7. The van der Waals surface area contributed by atoms with Crippen LogP contribution in [0.25, 0.3) is 0 Å². The van der Waals surface area contributed by atoms with Gasteiger partial charge in [0.05, 0.1) is 21.6 Å². The first-order valence-electron chi connectivity index (χ1n) is 4.46. The molecule has 7 heteroatoms. The van der Waals surface area contributed by atoms with Crippen molar-refractivity contribution in [2.24, 2.45) is 0 Å². The van der Waals surface area contributed by atoms with Crippen LogP contribution in [-0.2, 0) is 10.0 Å². The number of halogens is 1. The summed E-state index contributed by atoms with van der Waals surface area (Å²) in [6, 6.07) is 7.36. The van der Waals surface area contributed by atoms with Crippen molar-refractivity contribution in [3.05, 3.63) is 28.8 Å². The summed E-state index contributed by atoms with van der Waals surface area (Å²) in [6.45, 7) is -0.257. The second kappa shape index (κ2) is 5.15. The fraction of sp³-hybridized carbons (Fsp3) is 0.200. The predicted octanol–water partition coefficient (Wildman–Crippen LogP) is 1.36. The normalized spacial score (nSPS) is 10.9. The number of hydrogen-bond acceptors (Lipinski definition) is 4. The van der Waals surface area contributed by atoms with Gasteiger partial charge in [-0.25, -0.2) is 8.42 Å². The molecule has 0 saturated carbocycles. The predicted molar refractivity (Wildman–Crippen MR) is 61.6 cm³/mol. The molecule has 0 radical (unpaired) electrons. The first-order valence-corrected chi connectivity index (χ1v) is 6.28. The van der Waals surface area contributed by atoms with Crippen molar-refractivity contribution < 1.29 is 8.42 Å². The summed E-state index contributed by atoms with van der Waals surface area (Å²) >= 11 is 5.70. The van der Waals surface area contributed by atoms with E-state index in [0.29, 0.717) is 0 Å². The molecule has 0 spiro atoms. The fourth-order valence-electron chi connectivity index (χ4n) is 1.12. The van der Waals surface area contributed by atoms with Crippen LogP contribution >= 0.6 is 11.6 Å². The van der Waals surface area contributed by atoms with Gasteiger partial charge in [-0.15, -0.1) is 0 Å². The lowest BCUT2D eigenvalue weighted by Gasteiger charge is -2.13. The van der Waals surface area contributed by atoms with Crippen LogP contribution in [-0.4, -0.2) is 26.3 Å². The first-order chi connectivity index (χ1) is 7.93. The van der Waals surface area contributed by atoms with Crippen molar-refractivity contribution in [3.63, 3.8) is 0 Å². The molecule has 1 rings (SSSR count). The SMILES string of the molecule is CN(CC#N)S(=O)(=O)c1ccc(Cl)c(C#N)c1. The molecule has 88 valence electrons. The molecule has 0 N–H and O–H groups in total. The minimum absolute atomic E-state index is 0.0591. The van der Waals surface area contributed by atoms with Crippen molar-refractivity contribution in [3.8, 4) is 12.1 Å². The van der Waals surface area contributed by atoms with E-state index in [9.17, 15) is 8.42 Å². The molecule has 5 nitrogen and oxygen atoms in total. The summed E-state index contributed by atoms with van der Waals surface area (Å²) in [7, 11) is -2.46.